The lowest BCUT2D eigenvalue weighted by atomic mass is 10.1. The third-order valence-corrected chi connectivity index (χ3v) is 2.70. The van der Waals surface area contributed by atoms with E-state index in [1.165, 1.54) is 0 Å². The second kappa shape index (κ2) is 5.17. The number of rotatable bonds is 3. The van der Waals surface area contributed by atoms with E-state index in [-0.39, 0.29) is 0 Å². The van der Waals surface area contributed by atoms with Crippen LogP contribution in [0.25, 0.3) is 0 Å². The molecule has 1 aromatic heterocycles. The number of ether oxygens (including phenoxy) is 1. The van der Waals surface area contributed by atoms with Crippen LogP contribution in [-0.2, 0) is 6.54 Å². The highest BCUT2D eigenvalue weighted by molar-refractivity contribution is 6.30. The first-order chi connectivity index (χ1) is 8.20. The fourth-order valence-corrected chi connectivity index (χ4v) is 1.72. The van der Waals surface area contributed by atoms with Crippen LogP contribution in [0.3, 0.4) is 0 Å². The lowest BCUT2D eigenvalue weighted by Crippen LogP contribution is -2.03. The topological polar surface area (TPSA) is 48.1 Å². The number of nitrogens with zero attached hydrogens (tertiary/aromatic N) is 1. The van der Waals surface area contributed by atoms with Crippen LogP contribution in [0.2, 0.25) is 5.02 Å². The first-order valence-electron chi connectivity index (χ1n) is 5.28. The Balaban J connectivity index is 2.33. The molecular weight excluding hydrogens is 236 g/mol. The van der Waals surface area contributed by atoms with Gasteiger partial charge in [0.05, 0.1) is 0 Å². The third-order valence-electron chi connectivity index (χ3n) is 2.47. The van der Waals surface area contributed by atoms with Crippen molar-refractivity contribution in [3.63, 3.8) is 0 Å². The molecule has 0 aliphatic heterocycles. The minimum Gasteiger partial charge on any atom is -0.439 e. The Kier molecular flexibility index (Phi) is 3.61. The molecule has 0 bridgehead atoms. The molecule has 0 amide bonds. The summed E-state index contributed by atoms with van der Waals surface area (Å²) < 4.78 is 5.69. The summed E-state index contributed by atoms with van der Waals surface area (Å²) in [5, 5.41) is 0.629. The van der Waals surface area contributed by atoms with Crippen LogP contribution in [-0.4, -0.2) is 4.98 Å². The van der Waals surface area contributed by atoms with E-state index in [9.17, 15) is 0 Å². The van der Waals surface area contributed by atoms with Crippen LogP contribution < -0.4 is 10.5 Å². The van der Waals surface area contributed by atoms with Gasteiger partial charge >= 0.3 is 0 Å². The van der Waals surface area contributed by atoms with Crippen LogP contribution in [0, 0.1) is 6.92 Å². The van der Waals surface area contributed by atoms with Crippen molar-refractivity contribution < 1.29 is 4.74 Å². The second-order valence-electron chi connectivity index (χ2n) is 3.68. The van der Waals surface area contributed by atoms with Crippen molar-refractivity contribution in [1.82, 2.24) is 4.98 Å². The van der Waals surface area contributed by atoms with Crippen molar-refractivity contribution in [2.45, 2.75) is 13.5 Å². The van der Waals surface area contributed by atoms with Gasteiger partial charge in [-0.25, -0.2) is 4.98 Å². The van der Waals surface area contributed by atoms with Crippen molar-refractivity contribution in [3.8, 4) is 11.6 Å². The molecule has 17 heavy (non-hydrogen) atoms. The Labute approximate surface area is 105 Å². The second-order valence-corrected chi connectivity index (χ2v) is 4.11. The number of hydrogen-bond acceptors (Lipinski definition) is 3. The largest absolute Gasteiger partial charge is 0.439 e. The molecule has 0 atom stereocenters. The molecule has 3 nitrogen and oxygen atoms in total. The number of aryl methyl sites for hydroxylation is 1. The van der Waals surface area contributed by atoms with Gasteiger partial charge < -0.3 is 10.5 Å². The molecule has 0 radical (unpaired) electrons. The fraction of sp³-hybridized carbons (Fsp3) is 0.154. The summed E-state index contributed by atoms with van der Waals surface area (Å²) in [4.78, 5) is 4.19. The van der Waals surface area contributed by atoms with Crippen molar-refractivity contribution in [2.75, 3.05) is 0 Å². The number of pyridine rings is 1. The number of hydrogen-bond donors (Lipinski definition) is 1. The number of aromatic nitrogens is 1. The summed E-state index contributed by atoms with van der Waals surface area (Å²) in [6, 6.07) is 9.10. The van der Waals surface area contributed by atoms with Gasteiger partial charge in [-0.05, 0) is 36.8 Å². The van der Waals surface area contributed by atoms with Gasteiger partial charge in [-0.1, -0.05) is 17.7 Å². The van der Waals surface area contributed by atoms with Gasteiger partial charge in [-0.2, -0.15) is 0 Å². The molecule has 0 aliphatic rings. The minimum absolute atomic E-state index is 0.398. The minimum atomic E-state index is 0.398. The number of benzene rings is 1. The lowest BCUT2D eigenvalue weighted by Gasteiger charge is -2.10. The summed E-state index contributed by atoms with van der Waals surface area (Å²) in [6.07, 6.45) is 1.70. The zero-order chi connectivity index (χ0) is 12.3. The van der Waals surface area contributed by atoms with Gasteiger partial charge in [0.1, 0.15) is 5.75 Å². The Morgan fingerprint density at radius 3 is 2.88 bits per heavy atom. The van der Waals surface area contributed by atoms with Gasteiger partial charge in [-0.15, -0.1) is 0 Å². The maximum absolute atomic E-state index is 5.89. The van der Waals surface area contributed by atoms with Crippen LogP contribution in [0.15, 0.2) is 36.5 Å². The third kappa shape index (κ3) is 2.75. The van der Waals surface area contributed by atoms with Crippen LogP contribution in [0.4, 0.5) is 0 Å². The van der Waals surface area contributed by atoms with E-state index in [2.05, 4.69) is 4.98 Å². The highest BCUT2D eigenvalue weighted by Crippen LogP contribution is 2.26. The first-order valence-corrected chi connectivity index (χ1v) is 5.66. The normalized spacial score (nSPS) is 10.3. The zero-order valence-corrected chi connectivity index (χ0v) is 10.2. The molecule has 0 fully saturated rings. The first kappa shape index (κ1) is 11.9. The molecule has 0 spiro atoms. The van der Waals surface area contributed by atoms with E-state index in [1.54, 1.807) is 18.3 Å². The highest BCUT2D eigenvalue weighted by Gasteiger charge is 2.07. The van der Waals surface area contributed by atoms with Gasteiger partial charge in [-0.3, -0.25) is 0 Å². The van der Waals surface area contributed by atoms with Crippen molar-refractivity contribution in [2.24, 2.45) is 5.73 Å². The molecule has 4 heteroatoms. The Bertz CT molecular complexity index is 529. The molecule has 2 aromatic rings. The molecule has 2 rings (SSSR count). The average Bonchev–Trinajstić information content (AvgIpc) is 2.29. The predicted octanol–water partition coefficient (Wildman–Crippen LogP) is 3.29. The monoisotopic (exact) mass is 248 g/mol. The van der Waals surface area contributed by atoms with Gasteiger partial charge in [0.25, 0.3) is 0 Å². The summed E-state index contributed by atoms with van der Waals surface area (Å²) >= 11 is 5.89. The molecule has 0 saturated heterocycles. The molecular formula is C13H13ClN2O. The van der Waals surface area contributed by atoms with Crippen LogP contribution in [0.1, 0.15) is 11.1 Å². The number of halogens is 1. The lowest BCUT2D eigenvalue weighted by molar-refractivity contribution is 0.455. The number of nitrogens with two attached hydrogens (primary N) is 1. The van der Waals surface area contributed by atoms with Gasteiger partial charge in [0.15, 0.2) is 0 Å². The molecule has 0 saturated carbocycles. The molecule has 2 N–H and O–H groups in total. The van der Waals surface area contributed by atoms with E-state index in [4.69, 9.17) is 22.1 Å². The van der Waals surface area contributed by atoms with E-state index in [1.807, 2.05) is 25.1 Å². The average molecular weight is 249 g/mol. The smallest absolute Gasteiger partial charge is 0.223 e. The standard InChI is InChI=1S/C13H13ClN2O/c1-9-5-6-16-13(12(9)8-15)17-11-4-2-3-10(14)7-11/h2-7H,8,15H2,1H3. The summed E-state index contributed by atoms with van der Waals surface area (Å²) in [7, 11) is 0. The zero-order valence-electron chi connectivity index (χ0n) is 9.48. The molecule has 1 heterocycles. The van der Waals surface area contributed by atoms with Gasteiger partial charge in [0.2, 0.25) is 5.88 Å². The molecule has 1 aromatic carbocycles. The van der Waals surface area contributed by atoms with Crippen molar-refractivity contribution in [1.29, 1.82) is 0 Å². The molecule has 0 aliphatic carbocycles. The van der Waals surface area contributed by atoms with Crippen molar-refractivity contribution in [3.05, 3.63) is 52.7 Å². The SMILES string of the molecule is Cc1ccnc(Oc2cccc(Cl)c2)c1CN. The maximum atomic E-state index is 5.89. The maximum Gasteiger partial charge on any atom is 0.223 e. The van der Waals surface area contributed by atoms with Gasteiger partial charge in [0, 0.05) is 23.3 Å². The van der Waals surface area contributed by atoms with E-state index >= 15 is 0 Å². The van der Waals surface area contributed by atoms with E-state index in [0.717, 1.165) is 11.1 Å². The summed E-state index contributed by atoms with van der Waals surface area (Å²) in [6.45, 7) is 2.38. The van der Waals surface area contributed by atoms with Crippen molar-refractivity contribution >= 4 is 11.6 Å². The van der Waals surface area contributed by atoms with E-state index in [0.29, 0.717) is 23.2 Å². The molecule has 0 unspecified atom stereocenters. The quantitative estimate of drug-likeness (QED) is 0.907. The van der Waals surface area contributed by atoms with Crippen LogP contribution >= 0.6 is 11.6 Å². The fourth-order valence-electron chi connectivity index (χ4n) is 1.54. The summed E-state index contributed by atoms with van der Waals surface area (Å²) in [5.41, 5.74) is 7.67. The predicted molar refractivity (Wildman–Crippen MR) is 68.4 cm³/mol. The highest BCUT2D eigenvalue weighted by atomic mass is 35.5. The Hall–Kier alpha value is -1.58. The van der Waals surface area contributed by atoms with Crippen LogP contribution in [0.5, 0.6) is 11.6 Å². The Morgan fingerprint density at radius 2 is 2.18 bits per heavy atom. The molecule has 88 valence electrons. The Morgan fingerprint density at radius 1 is 1.35 bits per heavy atom. The van der Waals surface area contributed by atoms with E-state index < -0.39 is 0 Å². The summed E-state index contributed by atoms with van der Waals surface area (Å²) in [5.74, 6) is 1.19.